The van der Waals surface area contributed by atoms with Crippen molar-refractivity contribution in [2.45, 2.75) is 4.90 Å². The molecule has 7 nitrogen and oxygen atoms in total. The van der Waals surface area contributed by atoms with E-state index in [4.69, 9.17) is 5.73 Å². The molecular weight excluding hydrogens is 306 g/mol. The van der Waals surface area contributed by atoms with Gasteiger partial charge in [0, 0.05) is 33.3 Å². The number of nitrogens with one attached hydrogen (secondary N) is 2. The summed E-state index contributed by atoms with van der Waals surface area (Å²) in [6.07, 6.45) is 0. The molecule has 0 unspecified atom stereocenters. The highest BCUT2D eigenvalue weighted by molar-refractivity contribution is 7.89. The Kier molecular flexibility index (Phi) is 5.44. The van der Waals surface area contributed by atoms with E-state index < -0.39 is 38.3 Å². The van der Waals surface area contributed by atoms with Crippen LogP contribution in [0.4, 0.5) is 19.3 Å². The number of urea groups is 1. The highest BCUT2D eigenvalue weighted by Crippen LogP contribution is 2.20. The predicted molar refractivity (Wildman–Crippen MR) is 73.0 cm³/mol. The Morgan fingerprint density at radius 1 is 1.24 bits per heavy atom. The van der Waals surface area contributed by atoms with Gasteiger partial charge in [0.2, 0.25) is 10.0 Å². The fourth-order valence-corrected chi connectivity index (χ4v) is 2.47. The maximum absolute atomic E-state index is 13.5. The molecule has 0 saturated carbocycles. The zero-order valence-electron chi connectivity index (χ0n) is 11.5. The number of sulfonamides is 1. The second kappa shape index (κ2) is 6.68. The lowest BCUT2D eigenvalue weighted by Crippen LogP contribution is -2.39. The Hall–Kier alpha value is -1.94. The Bertz CT molecular complexity index is 635. The minimum absolute atomic E-state index is 0.00847. The molecular formula is C11H16F2N4O3S. The third-order valence-electron chi connectivity index (χ3n) is 2.44. The number of rotatable bonds is 5. The van der Waals surface area contributed by atoms with E-state index in [0.717, 1.165) is 0 Å². The number of carbonyl (C=O) groups is 1. The van der Waals surface area contributed by atoms with Gasteiger partial charge in [-0.2, -0.15) is 0 Å². The first-order valence-electron chi connectivity index (χ1n) is 5.84. The quantitative estimate of drug-likeness (QED) is 0.528. The molecule has 21 heavy (non-hydrogen) atoms. The first-order chi connectivity index (χ1) is 9.65. The van der Waals surface area contributed by atoms with Crippen LogP contribution in [0.2, 0.25) is 0 Å². The summed E-state index contributed by atoms with van der Waals surface area (Å²) >= 11 is 0. The van der Waals surface area contributed by atoms with Crippen molar-refractivity contribution in [3.8, 4) is 0 Å². The summed E-state index contributed by atoms with van der Waals surface area (Å²) in [5, 5.41) is 2.42. The minimum atomic E-state index is -4.18. The number of nitrogen functional groups attached to an aromatic ring is 1. The molecule has 0 saturated heterocycles. The van der Waals surface area contributed by atoms with Crippen molar-refractivity contribution in [2.75, 3.05) is 32.9 Å². The van der Waals surface area contributed by atoms with Gasteiger partial charge in [-0.1, -0.05) is 0 Å². The molecule has 0 aromatic heterocycles. The zero-order valence-corrected chi connectivity index (χ0v) is 12.3. The molecule has 0 bridgehead atoms. The lowest BCUT2D eigenvalue weighted by Gasteiger charge is -2.12. The number of benzene rings is 1. The fourth-order valence-electron chi connectivity index (χ4n) is 1.34. The molecule has 10 heteroatoms. The monoisotopic (exact) mass is 322 g/mol. The van der Waals surface area contributed by atoms with E-state index in [9.17, 15) is 22.0 Å². The molecule has 4 N–H and O–H groups in total. The van der Waals surface area contributed by atoms with Crippen LogP contribution < -0.4 is 15.8 Å². The van der Waals surface area contributed by atoms with Gasteiger partial charge in [0.05, 0.1) is 5.69 Å². The Morgan fingerprint density at radius 2 is 1.86 bits per heavy atom. The van der Waals surface area contributed by atoms with Crippen LogP contribution in [0.1, 0.15) is 0 Å². The fraction of sp³-hybridized carbons (Fsp3) is 0.364. The highest BCUT2D eigenvalue weighted by Gasteiger charge is 2.20. The molecule has 0 aliphatic rings. The summed E-state index contributed by atoms with van der Waals surface area (Å²) in [5.74, 6) is -2.28. The van der Waals surface area contributed by atoms with Crippen molar-refractivity contribution in [1.82, 2.24) is 14.9 Å². The summed E-state index contributed by atoms with van der Waals surface area (Å²) in [6.45, 7) is -0.146. The SMILES string of the molecule is CN(C)C(=O)NCCNS(=O)(=O)c1cc(N)c(F)cc1F. The van der Waals surface area contributed by atoms with Crippen LogP contribution in [-0.4, -0.2) is 46.5 Å². The van der Waals surface area contributed by atoms with Crippen LogP contribution in [0.3, 0.4) is 0 Å². The van der Waals surface area contributed by atoms with E-state index in [1.165, 1.54) is 19.0 Å². The number of hydrogen-bond acceptors (Lipinski definition) is 4. The number of nitrogens with two attached hydrogens (primary N) is 1. The molecule has 0 aliphatic heterocycles. The number of amides is 2. The third-order valence-corrected chi connectivity index (χ3v) is 3.92. The molecule has 1 aromatic carbocycles. The van der Waals surface area contributed by atoms with Crippen molar-refractivity contribution in [3.63, 3.8) is 0 Å². The summed E-state index contributed by atoms with van der Waals surface area (Å²) in [5.41, 5.74) is 4.74. The topological polar surface area (TPSA) is 105 Å². The first kappa shape index (κ1) is 17.1. The van der Waals surface area contributed by atoms with E-state index in [-0.39, 0.29) is 13.1 Å². The predicted octanol–water partition coefficient (Wildman–Crippen LogP) is 0.0965. The number of nitrogens with zero attached hydrogens (tertiary/aromatic N) is 1. The molecule has 0 heterocycles. The van der Waals surface area contributed by atoms with E-state index >= 15 is 0 Å². The van der Waals surface area contributed by atoms with Gasteiger partial charge in [0.1, 0.15) is 16.5 Å². The maximum Gasteiger partial charge on any atom is 0.316 e. The van der Waals surface area contributed by atoms with Crippen molar-refractivity contribution >= 4 is 21.7 Å². The normalized spacial score (nSPS) is 11.2. The van der Waals surface area contributed by atoms with Crippen LogP contribution in [0.5, 0.6) is 0 Å². The van der Waals surface area contributed by atoms with Gasteiger partial charge < -0.3 is 16.0 Å². The average Bonchev–Trinajstić information content (AvgIpc) is 2.38. The summed E-state index contributed by atoms with van der Waals surface area (Å²) < 4.78 is 52.2. The van der Waals surface area contributed by atoms with Crippen LogP contribution in [0.25, 0.3) is 0 Å². The second-order valence-electron chi connectivity index (χ2n) is 4.33. The minimum Gasteiger partial charge on any atom is -0.396 e. The van der Waals surface area contributed by atoms with Gasteiger partial charge in [-0.3, -0.25) is 0 Å². The molecule has 0 fully saturated rings. The van der Waals surface area contributed by atoms with Gasteiger partial charge in [-0.15, -0.1) is 0 Å². The van der Waals surface area contributed by atoms with Crippen LogP contribution >= 0.6 is 0 Å². The van der Waals surface area contributed by atoms with E-state index in [1.807, 2.05) is 0 Å². The first-order valence-corrected chi connectivity index (χ1v) is 7.33. The van der Waals surface area contributed by atoms with Gasteiger partial charge in [-0.05, 0) is 6.07 Å². The van der Waals surface area contributed by atoms with Crippen molar-refractivity contribution in [3.05, 3.63) is 23.8 Å². The van der Waals surface area contributed by atoms with Crippen LogP contribution in [0, 0.1) is 11.6 Å². The maximum atomic E-state index is 13.5. The van der Waals surface area contributed by atoms with Gasteiger partial charge >= 0.3 is 6.03 Å². The number of halogens is 2. The Labute approximate surface area is 121 Å². The molecule has 0 atom stereocenters. The van der Waals surface area contributed by atoms with Crippen molar-refractivity contribution in [1.29, 1.82) is 0 Å². The van der Waals surface area contributed by atoms with Gasteiger partial charge in [0.15, 0.2) is 0 Å². The standard InChI is InChI=1S/C11H16F2N4O3S/c1-17(2)11(18)15-3-4-16-21(19,20)10-6-9(14)7(12)5-8(10)13/h5-6,16H,3-4,14H2,1-2H3,(H,15,18). The van der Waals surface area contributed by atoms with Gasteiger partial charge in [0.25, 0.3) is 0 Å². The zero-order chi connectivity index (χ0) is 16.2. The van der Waals surface area contributed by atoms with E-state index in [0.29, 0.717) is 12.1 Å². The van der Waals surface area contributed by atoms with Crippen molar-refractivity contribution in [2.24, 2.45) is 0 Å². The molecule has 1 rings (SSSR count). The van der Waals surface area contributed by atoms with E-state index in [1.54, 1.807) is 0 Å². The summed E-state index contributed by atoms with van der Waals surface area (Å²) in [4.78, 5) is 11.7. The van der Waals surface area contributed by atoms with Gasteiger partial charge in [-0.25, -0.2) is 26.7 Å². The Morgan fingerprint density at radius 3 is 2.43 bits per heavy atom. The Balaban J connectivity index is 2.71. The second-order valence-corrected chi connectivity index (χ2v) is 6.06. The number of carbonyl (C=O) groups excluding carboxylic acids is 1. The molecule has 118 valence electrons. The van der Waals surface area contributed by atoms with E-state index in [2.05, 4.69) is 10.0 Å². The lowest BCUT2D eigenvalue weighted by molar-refractivity contribution is 0.217. The largest absolute Gasteiger partial charge is 0.396 e. The molecule has 1 aromatic rings. The summed E-state index contributed by atoms with van der Waals surface area (Å²) in [6, 6.07) is 0.703. The van der Waals surface area contributed by atoms with Crippen LogP contribution in [0.15, 0.2) is 17.0 Å². The van der Waals surface area contributed by atoms with Crippen LogP contribution in [-0.2, 0) is 10.0 Å². The molecule has 0 spiro atoms. The lowest BCUT2D eigenvalue weighted by atomic mass is 10.3. The molecule has 0 aliphatic carbocycles. The molecule has 2 amide bonds. The smallest absolute Gasteiger partial charge is 0.316 e. The highest BCUT2D eigenvalue weighted by atomic mass is 32.2. The summed E-state index contributed by atoms with van der Waals surface area (Å²) in [7, 11) is -1.14. The van der Waals surface area contributed by atoms with Crippen molar-refractivity contribution < 1.29 is 22.0 Å². The number of anilines is 1. The average molecular weight is 322 g/mol. The third kappa shape index (κ3) is 4.53. The molecule has 0 radical (unpaired) electrons. The number of hydrogen-bond donors (Lipinski definition) is 3.